The van der Waals surface area contributed by atoms with E-state index in [4.69, 9.17) is 9.84 Å². The van der Waals surface area contributed by atoms with E-state index in [1.165, 1.54) is 0 Å². The van der Waals surface area contributed by atoms with Crippen molar-refractivity contribution in [2.45, 2.75) is 39.7 Å². The summed E-state index contributed by atoms with van der Waals surface area (Å²) in [4.78, 5) is 23.0. The minimum atomic E-state index is -1.04. The molecular weight excluding hydrogens is 322 g/mol. The Morgan fingerprint density at radius 1 is 1.24 bits per heavy atom. The molecule has 0 aliphatic rings. The van der Waals surface area contributed by atoms with Crippen LogP contribution in [0.4, 0.5) is 5.69 Å². The van der Waals surface area contributed by atoms with Crippen LogP contribution >= 0.6 is 0 Å². The molecule has 0 atom stereocenters. The van der Waals surface area contributed by atoms with Gasteiger partial charge in [-0.25, -0.2) is 4.79 Å². The van der Waals surface area contributed by atoms with Gasteiger partial charge >= 0.3 is 5.97 Å². The number of nitrogens with zero attached hydrogens (tertiary/aromatic N) is 2. The van der Waals surface area contributed by atoms with Gasteiger partial charge in [0.1, 0.15) is 5.75 Å². The van der Waals surface area contributed by atoms with E-state index in [0.717, 1.165) is 5.69 Å². The van der Waals surface area contributed by atoms with E-state index in [0.29, 0.717) is 23.4 Å². The Morgan fingerprint density at radius 2 is 1.88 bits per heavy atom. The van der Waals surface area contributed by atoms with Gasteiger partial charge in [0.2, 0.25) is 0 Å². The van der Waals surface area contributed by atoms with Gasteiger partial charge in [-0.3, -0.25) is 9.48 Å². The van der Waals surface area contributed by atoms with Crippen LogP contribution in [0.5, 0.6) is 5.75 Å². The third kappa shape index (κ3) is 4.59. The number of hydrogen-bond donors (Lipinski definition) is 2. The van der Waals surface area contributed by atoms with Crippen molar-refractivity contribution < 1.29 is 19.4 Å². The van der Waals surface area contributed by atoms with Crippen LogP contribution in [0.25, 0.3) is 0 Å². The quantitative estimate of drug-likeness (QED) is 0.839. The highest BCUT2D eigenvalue weighted by Crippen LogP contribution is 2.21. The van der Waals surface area contributed by atoms with Crippen molar-refractivity contribution in [3.8, 4) is 5.75 Å². The summed E-state index contributed by atoms with van der Waals surface area (Å²) in [6.07, 6.45) is 2.28. The molecule has 1 heterocycles. The Balaban J connectivity index is 2.12. The van der Waals surface area contributed by atoms with E-state index in [9.17, 15) is 9.59 Å². The molecule has 2 aromatic rings. The van der Waals surface area contributed by atoms with Crippen LogP contribution < -0.4 is 10.1 Å². The summed E-state index contributed by atoms with van der Waals surface area (Å²) in [6, 6.07) is 6.54. The first kappa shape index (κ1) is 18.5. The van der Waals surface area contributed by atoms with Crippen molar-refractivity contribution in [2.75, 3.05) is 11.9 Å². The first-order chi connectivity index (χ1) is 11.7. The molecule has 0 spiro atoms. The number of carbonyl (C=O) groups excluding carboxylic acids is 1. The SMILES string of the molecule is CCc1c(C(=O)Nc2ccc(OCC(=O)O)cc2)cnn1C(C)(C)C. The number of amides is 1. The minimum absolute atomic E-state index is 0.201. The largest absolute Gasteiger partial charge is 0.482 e. The fourth-order valence-electron chi connectivity index (χ4n) is 2.46. The van der Waals surface area contributed by atoms with E-state index < -0.39 is 12.6 Å². The van der Waals surface area contributed by atoms with Crippen LogP contribution in [0.1, 0.15) is 43.7 Å². The van der Waals surface area contributed by atoms with E-state index in [-0.39, 0.29) is 11.4 Å². The summed E-state index contributed by atoms with van der Waals surface area (Å²) in [5, 5.41) is 15.8. The first-order valence-electron chi connectivity index (χ1n) is 8.05. The number of anilines is 1. The van der Waals surface area contributed by atoms with Gasteiger partial charge in [0.05, 0.1) is 23.0 Å². The van der Waals surface area contributed by atoms with Crippen molar-refractivity contribution in [2.24, 2.45) is 0 Å². The van der Waals surface area contributed by atoms with E-state index in [2.05, 4.69) is 10.4 Å². The molecule has 134 valence electrons. The number of aromatic nitrogens is 2. The second-order valence-corrected chi connectivity index (χ2v) is 6.60. The number of carboxylic acids is 1. The summed E-state index contributed by atoms with van der Waals surface area (Å²) in [7, 11) is 0. The van der Waals surface area contributed by atoms with Crippen LogP contribution in [0.3, 0.4) is 0 Å². The molecule has 2 N–H and O–H groups in total. The predicted octanol–water partition coefficient (Wildman–Crippen LogP) is 2.92. The van der Waals surface area contributed by atoms with E-state index >= 15 is 0 Å². The van der Waals surface area contributed by atoms with E-state index in [1.54, 1.807) is 30.5 Å². The molecule has 1 aromatic carbocycles. The second-order valence-electron chi connectivity index (χ2n) is 6.60. The summed E-state index contributed by atoms with van der Waals surface area (Å²) in [6.45, 7) is 7.70. The molecule has 0 bridgehead atoms. The molecule has 0 aliphatic heterocycles. The lowest BCUT2D eigenvalue weighted by Crippen LogP contribution is -2.26. The maximum absolute atomic E-state index is 12.6. The highest BCUT2D eigenvalue weighted by atomic mass is 16.5. The average Bonchev–Trinajstić information content (AvgIpc) is 2.98. The summed E-state index contributed by atoms with van der Waals surface area (Å²) >= 11 is 0. The van der Waals surface area contributed by atoms with Gasteiger partial charge in [-0.15, -0.1) is 0 Å². The fraction of sp³-hybridized carbons (Fsp3) is 0.389. The van der Waals surface area contributed by atoms with Crippen molar-refractivity contribution in [1.29, 1.82) is 0 Å². The second kappa shape index (κ2) is 7.38. The van der Waals surface area contributed by atoms with Crippen LogP contribution in [-0.2, 0) is 16.8 Å². The Kier molecular flexibility index (Phi) is 5.46. The Labute approximate surface area is 146 Å². The smallest absolute Gasteiger partial charge is 0.341 e. The number of carboxylic acid groups (broad SMARTS) is 1. The zero-order chi connectivity index (χ0) is 18.6. The minimum Gasteiger partial charge on any atom is -0.482 e. The van der Waals surface area contributed by atoms with Crippen molar-refractivity contribution >= 4 is 17.6 Å². The molecule has 1 aromatic heterocycles. The highest BCUT2D eigenvalue weighted by Gasteiger charge is 2.23. The number of benzene rings is 1. The number of nitrogens with one attached hydrogen (secondary N) is 1. The first-order valence-corrected chi connectivity index (χ1v) is 8.05. The number of hydrogen-bond acceptors (Lipinski definition) is 4. The van der Waals surface area contributed by atoms with Gasteiger partial charge in [0, 0.05) is 5.69 Å². The molecular formula is C18H23N3O4. The van der Waals surface area contributed by atoms with Crippen molar-refractivity contribution in [3.05, 3.63) is 41.7 Å². The summed E-state index contributed by atoms with van der Waals surface area (Å²) in [5.41, 5.74) is 1.82. The zero-order valence-corrected chi connectivity index (χ0v) is 14.9. The Bertz CT molecular complexity index is 758. The molecule has 0 saturated heterocycles. The molecule has 0 unspecified atom stereocenters. The maximum atomic E-state index is 12.6. The molecule has 7 heteroatoms. The number of ether oxygens (including phenoxy) is 1. The van der Waals surface area contributed by atoms with Gasteiger partial charge in [0.15, 0.2) is 6.61 Å². The zero-order valence-electron chi connectivity index (χ0n) is 14.9. The molecule has 0 aliphatic carbocycles. The third-order valence-electron chi connectivity index (χ3n) is 3.56. The molecule has 0 fully saturated rings. The number of carbonyl (C=O) groups is 2. The van der Waals surface area contributed by atoms with Crippen molar-refractivity contribution in [1.82, 2.24) is 9.78 Å². The van der Waals surface area contributed by atoms with Gasteiger partial charge in [0.25, 0.3) is 5.91 Å². The average molecular weight is 345 g/mol. The fourth-order valence-corrected chi connectivity index (χ4v) is 2.46. The molecule has 0 radical (unpaired) electrons. The number of aliphatic carboxylic acids is 1. The Morgan fingerprint density at radius 3 is 2.40 bits per heavy atom. The maximum Gasteiger partial charge on any atom is 0.341 e. The number of rotatable bonds is 6. The van der Waals surface area contributed by atoms with Crippen LogP contribution in [0.2, 0.25) is 0 Å². The molecule has 7 nitrogen and oxygen atoms in total. The van der Waals surface area contributed by atoms with Crippen molar-refractivity contribution in [3.63, 3.8) is 0 Å². The van der Waals surface area contributed by atoms with E-state index in [1.807, 2.05) is 32.4 Å². The lowest BCUT2D eigenvalue weighted by atomic mass is 10.1. The standard InChI is InChI=1S/C18H23N3O4/c1-5-15-14(10-19-21(15)18(2,3)4)17(24)20-12-6-8-13(9-7-12)25-11-16(22)23/h6-10H,5,11H2,1-4H3,(H,20,24)(H,22,23). The topological polar surface area (TPSA) is 93.4 Å². The third-order valence-corrected chi connectivity index (χ3v) is 3.56. The Hall–Kier alpha value is -2.83. The molecule has 2 rings (SSSR count). The highest BCUT2D eigenvalue weighted by molar-refractivity contribution is 6.05. The molecule has 1 amide bonds. The van der Waals surface area contributed by atoms with Gasteiger partial charge < -0.3 is 15.2 Å². The van der Waals surface area contributed by atoms with Gasteiger partial charge in [-0.2, -0.15) is 5.10 Å². The van der Waals surface area contributed by atoms with Gasteiger partial charge in [-0.1, -0.05) is 6.92 Å². The van der Waals surface area contributed by atoms with Gasteiger partial charge in [-0.05, 0) is 51.5 Å². The monoisotopic (exact) mass is 345 g/mol. The van der Waals surface area contributed by atoms with Crippen LogP contribution in [0, 0.1) is 0 Å². The van der Waals surface area contributed by atoms with Crippen LogP contribution in [-0.4, -0.2) is 33.4 Å². The van der Waals surface area contributed by atoms with Crippen LogP contribution in [0.15, 0.2) is 30.5 Å². The lowest BCUT2D eigenvalue weighted by Gasteiger charge is -2.22. The summed E-state index contributed by atoms with van der Waals surface area (Å²) in [5.74, 6) is -0.845. The molecule has 25 heavy (non-hydrogen) atoms. The lowest BCUT2D eigenvalue weighted by molar-refractivity contribution is -0.139. The normalized spacial score (nSPS) is 11.2. The summed E-state index contributed by atoms with van der Waals surface area (Å²) < 4.78 is 6.93. The molecule has 0 saturated carbocycles. The predicted molar refractivity (Wildman–Crippen MR) is 94.1 cm³/mol.